The molecule has 0 saturated heterocycles. The first-order chi connectivity index (χ1) is 9.60. The largest absolute Gasteiger partial charge is 0.462 e. The van der Waals surface area contributed by atoms with E-state index in [1.807, 2.05) is 4.90 Å². The van der Waals surface area contributed by atoms with Crippen LogP contribution in [0.3, 0.4) is 0 Å². The highest BCUT2D eigenvalue weighted by atomic mass is 16.5. The molecule has 0 aromatic carbocycles. The summed E-state index contributed by atoms with van der Waals surface area (Å²) in [5.74, 6) is 0.627. The third kappa shape index (κ3) is 4.54. The number of carbonyl (C=O) groups is 1. The van der Waals surface area contributed by atoms with E-state index < -0.39 is 0 Å². The first-order valence-corrected chi connectivity index (χ1v) is 6.84. The zero-order valence-corrected chi connectivity index (χ0v) is 12.3. The van der Waals surface area contributed by atoms with Gasteiger partial charge < -0.3 is 9.64 Å². The minimum absolute atomic E-state index is 0.329. The molecule has 0 bridgehead atoms. The monoisotopic (exact) mass is 275 g/mol. The van der Waals surface area contributed by atoms with E-state index in [1.54, 1.807) is 25.3 Å². The van der Waals surface area contributed by atoms with Crippen LogP contribution in [0.2, 0.25) is 0 Å². The van der Waals surface area contributed by atoms with E-state index >= 15 is 0 Å². The van der Waals surface area contributed by atoms with Gasteiger partial charge in [0, 0.05) is 19.3 Å². The number of esters is 1. The lowest BCUT2D eigenvalue weighted by Crippen LogP contribution is -2.31. The van der Waals surface area contributed by atoms with Crippen molar-refractivity contribution in [2.45, 2.75) is 27.2 Å². The normalized spacial score (nSPS) is 10.2. The molecule has 0 aliphatic heterocycles. The van der Waals surface area contributed by atoms with E-state index in [2.05, 4.69) is 24.9 Å². The Kier molecular flexibility index (Phi) is 6.51. The summed E-state index contributed by atoms with van der Waals surface area (Å²) in [6.45, 7) is 7.58. The summed E-state index contributed by atoms with van der Waals surface area (Å²) in [4.78, 5) is 18.3. The molecule has 5 nitrogen and oxygen atoms in total. The van der Waals surface area contributed by atoms with Crippen molar-refractivity contribution in [1.82, 2.24) is 4.98 Å². The molecule has 0 unspecified atom stereocenters. The van der Waals surface area contributed by atoms with Crippen LogP contribution in [0, 0.1) is 17.2 Å². The highest BCUT2D eigenvalue weighted by Gasteiger charge is 2.19. The maximum Gasteiger partial charge on any atom is 0.341 e. The van der Waals surface area contributed by atoms with Crippen molar-refractivity contribution in [2.24, 2.45) is 5.92 Å². The number of aromatic nitrogens is 1. The lowest BCUT2D eigenvalue weighted by molar-refractivity contribution is 0.0526. The first-order valence-electron chi connectivity index (χ1n) is 6.84. The van der Waals surface area contributed by atoms with Gasteiger partial charge in [0.15, 0.2) is 0 Å². The van der Waals surface area contributed by atoms with Crippen molar-refractivity contribution >= 4 is 11.8 Å². The number of hydrogen-bond donors (Lipinski definition) is 0. The molecular formula is C15H21N3O2. The summed E-state index contributed by atoms with van der Waals surface area (Å²) < 4.78 is 5.06. The lowest BCUT2D eigenvalue weighted by Gasteiger charge is -2.26. The van der Waals surface area contributed by atoms with Crippen LogP contribution >= 0.6 is 0 Å². The second-order valence-electron chi connectivity index (χ2n) is 4.84. The molecule has 0 N–H and O–H groups in total. The van der Waals surface area contributed by atoms with Crippen molar-refractivity contribution < 1.29 is 9.53 Å². The molecule has 1 aromatic heterocycles. The van der Waals surface area contributed by atoms with E-state index in [0.717, 1.165) is 6.54 Å². The van der Waals surface area contributed by atoms with Crippen LogP contribution in [0.4, 0.5) is 5.82 Å². The fourth-order valence-electron chi connectivity index (χ4n) is 1.93. The summed E-state index contributed by atoms with van der Waals surface area (Å²) >= 11 is 0. The van der Waals surface area contributed by atoms with Crippen LogP contribution < -0.4 is 4.90 Å². The van der Waals surface area contributed by atoms with E-state index in [-0.39, 0.29) is 5.97 Å². The number of hydrogen-bond acceptors (Lipinski definition) is 5. The van der Waals surface area contributed by atoms with E-state index in [4.69, 9.17) is 10.00 Å². The molecule has 1 heterocycles. The molecule has 1 aromatic rings. The number of rotatable bonds is 7. The van der Waals surface area contributed by atoms with Gasteiger partial charge in [-0.3, -0.25) is 0 Å². The van der Waals surface area contributed by atoms with E-state index in [9.17, 15) is 4.79 Å². The SMILES string of the molecule is CCOC(=O)c1cccnc1N(CCC#N)CC(C)C. The topological polar surface area (TPSA) is 66.2 Å². The summed E-state index contributed by atoms with van der Waals surface area (Å²) in [6.07, 6.45) is 2.04. The molecule has 0 fully saturated rings. The Balaban J connectivity index is 3.05. The maximum absolute atomic E-state index is 12.0. The molecule has 0 spiro atoms. The molecular weight excluding hydrogens is 254 g/mol. The molecule has 0 aliphatic rings. The number of anilines is 1. The standard InChI is InChI=1S/C15H21N3O2/c1-4-20-15(19)13-7-5-9-17-14(13)18(10-6-8-16)11-12(2)3/h5,7,9,12H,4,6,10-11H2,1-3H3. The maximum atomic E-state index is 12.0. The molecule has 1 rings (SSSR count). The number of nitrogens with zero attached hydrogens (tertiary/aromatic N) is 3. The van der Waals surface area contributed by atoms with Crippen molar-refractivity contribution in [2.75, 3.05) is 24.6 Å². The Hall–Kier alpha value is -2.09. The Morgan fingerprint density at radius 3 is 2.90 bits per heavy atom. The number of ether oxygens (including phenoxy) is 1. The number of pyridine rings is 1. The van der Waals surface area contributed by atoms with Gasteiger partial charge in [-0.05, 0) is 25.0 Å². The summed E-state index contributed by atoms with van der Waals surface area (Å²) in [5, 5.41) is 8.77. The zero-order chi connectivity index (χ0) is 15.0. The van der Waals surface area contributed by atoms with E-state index in [0.29, 0.717) is 36.9 Å². The Morgan fingerprint density at radius 2 is 2.30 bits per heavy atom. The van der Waals surface area contributed by atoms with Gasteiger partial charge in [-0.2, -0.15) is 5.26 Å². The van der Waals surface area contributed by atoms with Crippen LogP contribution in [-0.2, 0) is 4.74 Å². The summed E-state index contributed by atoms with van der Waals surface area (Å²) in [7, 11) is 0. The Labute approximate surface area is 120 Å². The third-order valence-electron chi connectivity index (χ3n) is 2.66. The average molecular weight is 275 g/mol. The fraction of sp³-hybridized carbons (Fsp3) is 0.533. The van der Waals surface area contributed by atoms with Gasteiger partial charge in [-0.15, -0.1) is 0 Å². The second kappa shape index (κ2) is 8.16. The molecule has 0 atom stereocenters. The molecule has 0 radical (unpaired) electrons. The predicted octanol–water partition coefficient (Wildman–Crippen LogP) is 2.63. The van der Waals surface area contributed by atoms with Crippen LogP contribution in [0.25, 0.3) is 0 Å². The quantitative estimate of drug-likeness (QED) is 0.716. The molecule has 0 saturated carbocycles. The average Bonchev–Trinajstić information content (AvgIpc) is 2.43. The van der Waals surface area contributed by atoms with Gasteiger partial charge in [0.05, 0.1) is 19.1 Å². The molecule has 5 heteroatoms. The van der Waals surface area contributed by atoms with Gasteiger partial charge in [0.1, 0.15) is 11.4 Å². The van der Waals surface area contributed by atoms with Gasteiger partial charge in [-0.1, -0.05) is 13.8 Å². The van der Waals surface area contributed by atoms with Crippen LogP contribution in [0.1, 0.15) is 37.6 Å². The summed E-state index contributed by atoms with van der Waals surface area (Å²) in [5.41, 5.74) is 0.452. The van der Waals surface area contributed by atoms with E-state index in [1.165, 1.54) is 0 Å². The van der Waals surface area contributed by atoms with Gasteiger partial charge in [-0.25, -0.2) is 9.78 Å². The Morgan fingerprint density at radius 1 is 1.55 bits per heavy atom. The van der Waals surface area contributed by atoms with Gasteiger partial charge >= 0.3 is 5.97 Å². The highest BCUT2D eigenvalue weighted by Crippen LogP contribution is 2.19. The van der Waals surface area contributed by atoms with Crippen LogP contribution in [0.5, 0.6) is 0 Å². The van der Waals surface area contributed by atoms with Crippen molar-refractivity contribution in [3.05, 3.63) is 23.9 Å². The zero-order valence-electron chi connectivity index (χ0n) is 12.3. The predicted molar refractivity (Wildman–Crippen MR) is 77.5 cm³/mol. The smallest absolute Gasteiger partial charge is 0.341 e. The van der Waals surface area contributed by atoms with Crippen molar-refractivity contribution in [3.63, 3.8) is 0 Å². The third-order valence-corrected chi connectivity index (χ3v) is 2.66. The summed E-state index contributed by atoms with van der Waals surface area (Å²) in [6, 6.07) is 5.55. The minimum atomic E-state index is -0.374. The van der Waals surface area contributed by atoms with Crippen molar-refractivity contribution in [1.29, 1.82) is 5.26 Å². The van der Waals surface area contributed by atoms with Gasteiger partial charge in [0.2, 0.25) is 0 Å². The van der Waals surface area contributed by atoms with Gasteiger partial charge in [0.25, 0.3) is 0 Å². The Bertz CT molecular complexity index is 480. The number of nitriles is 1. The van der Waals surface area contributed by atoms with Crippen LogP contribution in [-0.4, -0.2) is 30.6 Å². The molecule has 108 valence electrons. The molecule has 0 amide bonds. The highest BCUT2D eigenvalue weighted by molar-refractivity contribution is 5.94. The van der Waals surface area contributed by atoms with Crippen molar-refractivity contribution in [3.8, 4) is 6.07 Å². The second-order valence-corrected chi connectivity index (χ2v) is 4.84. The number of carbonyl (C=O) groups excluding carboxylic acids is 1. The van der Waals surface area contributed by atoms with Crippen LogP contribution in [0.15, 0.2) is 18.3 Å². The lowest BCUT2D eigenvalue weighted by atomic mass is 10.1. The fourth-order valence-corrected chi connectivity index (χ4v) is 1.93. The molecule has 20 heavy (non-hydrogen) atoms. The molecule has 0 aliphatic carbocycles. The minimum Gasteiger partial charge on any atom is -0.462 e. The first kappa shape index (κ1) is 16.0.